The molecule has 5 nitrogen and oxygen atoms in total. The van der Waals surface area contributed by atoms with E-state index in [1.54, 1.807) is 30.6 Å². The summed E-state index contributed by atoms with van der Waals surface area (Å²) < 4.78 is 0. The minimum absolute atomic E-state index is 0.257. The van der Waals surface area contributed by atoms with Crippen LogP contribution in [0.4, 0.5) is 0 Å². The Bertz CT molecular complexity index is 690. The van der Waals surface area contributed by atoms with Crippen molar-refractivity contribution in [3.05, 3.63) is 58.1 Å². The predicted molar refractivity (Wildman–Crippen MR) is 78.3 cm³/mol. The second-order valence-corrected chi connectivity index (χ2v) is 5.39. The molecule has 0 saturated carbocycles. The van der Waals surface area contributed by atoms with Gasteiger partial charge in [0.15, 0.2) is 0 Å². The van der Waals surface area contributed by atoms with Crippen molar-refractivity contribution in [3.63, 3.8) is 0 Å². The lowest BCUT2D eigenvalue weighted by Crippen LogP contribution is -2.32. The molecule has 0 spiro atoms. The fourth-order valence-electron chi connectivity index (χ4n) is 2.57. The van der Waals surface area contributed by atoms with Crippen LogP contribution < -0.4 is 0 Å². The van der Waals surface area contributed by atoms with E-state index in [0.717, 1.165) is 24.4 Å². The van der Waals surface area contributed by atoms with Crippen molar-refractivity contribution in [2.75, 3.05) is 6.54 Å². The highest BCUT2D eigenvalue weighted by molar-refractivity contribution is 6.31. The van der Waals surface area contributed by atoms with Gasteiger partial charge in [-0.2, -0.15) is 0 Å². The van der Waals surface area contributed by atoms with Gasteiger partial charge in [0, 0.05) is 43.5 Å². The molecule has 0 aliphatic carbocycles. The summed E-state index contributed by atoms with van der Waals surface area (Å²) in [6, 6.07) is 4.97. The van der Waals surface area contributed by atoms with E-state index in [4.69, 9.17) is 11.6 Å². The molecule has 2 aromatic rings. The molecule has 0 bridgehead atoms. The van der Waals surface area contributed by atoms with E-state index in [1.807, 2.05) is 0 Å². The van der Waals surface area contributed by atoms with E-state index in [-0.39, 0.29) is 5.56 Å². The SMILES string of the molecule is O=C(O)c1cccc(Cl)c1CN1CCc2nccnc2C1. The van der Waals surface area contributed by atoms with Crippen LogP contribution in [0.25, 0.3) is 0 Å². The first-order chi connectivity index (χ1) is 10.1. The van der Waals surface area contributed by atoms with Gasteiger partial charge in [-0.25, -0.2) is 4.79 Å². The average molecular weight is 304 g/mol. The van der Waals surface area contributed by atoms with Crippen molar-refractivity contribution >= 4 is 17.6 Å². The normalized spacial score (nSPS) is 14.7. The van der Waals surface area contributed by atoms with Crippen LogP contribution in [0.2, 0.25) is 5.02 Å². The van der Waals surface area contributed by atoms with Gasteiger partial charge in [0.1, 0.15) is 0 Å². The number of fused-ring (bicyclic) bond motifs is 1. The second kappa shape index (κ2) is 5.79. The number of rotatable bonds is 3. The largest absolute Gasteiger partial charge is 0.478 e. The highest BCUT2D eigenvalue weighted by atomic mass is 35.5. The van der Waals surface area contributed by atoms with Crippen LogP contribution in [-0.4, -0.2) is 32.5 Å². The van der Waals surface area contributed by atoms with Crippen LogP contribution in [0, 0.1) is 0 Å². The van der Waals surface area contributed by atoms with Crippen LogP contribution >= 0.6 is 11.6 Å². The van der Waals surface area contributed by atoms with Crippen LogP contribution in [0.5, 0.6) is 0 Å². The van der Waals surface area contributed by atoms with Crippen molar-refractivity contribution in [1.82, 2.24) is 14.9 Å². The van der Waals surface area contributed by atoms with Crippen LogP contribution in [-0.2, 0) is 19.5 Å². The van der Waals surface area contributed by atoms with Gasteiger partial charge >= 0.3 is 5.97 Å². The summed E-state index contributed by atoms with van der Waals surface area (Å²) in [6.07, 6.45) is 4.20. The van der Waals surface area contributed by atoms with Gasteiger partial charge in [-0.05, 0) is 17.7 Å². The minimum Gasteiger partial charge on any atom is -0.478 e. The number of hydrogen-bond donors (Lipinski definition) is 1. The molecule has 21 heavy (non-hydrogen) atoms. The van der Waals surface area contributed by atoms with E-state index < -0.39 is 5.97 Å². The van der Waals surface area contributed by atoms with E-state index >= 15 is 0 Å². The average Bonchev–Trinajstić information content (AvgIpc) is 2.49. The maximum Gasteiger partial charge on any atom is 0.336 e. The predicted octanol–water partition coefficient (Wildman–Crippen LogP) is 2.39. The molecule has 0 radical (unpaired) electrons. The molecular weight excluding hydrogens is 290 g/mol. The summed E-state index contributed by atoms with van der Waals surface area (Å²) in [5.74, 6) is -0.954. The Balaban J connectivity index is 1.84. The summed E-state index contributed by atoms with van der Waals surface area (Å²) in [4.78, 5) is 22.1. The van der Waals surface area contributed by atoms with Gasteiger partial charge in [0.2, 0.25) is 0 Å². The van der Waals surface area contributed by atoms with Crippen molar-refractivity contribution in [2.24, 2.45) is 0 Å². The molecule has 6 heteroatoms. The zero-order valence-electron chi connectivity index (χ0n) is 11.3. The van der Waals surface area contributed by atoms with E-state index in [2.05, 4.69) is 14.9 Å². The Kier molecular flexibility index (Phi) is 3.86. The molecule has 1 aliphatic rings. The van der Waals surface area contributed by atoms with Crippen LogP contribution in [0.3, 0.4) is 0 Å². The third-order valence-electron chi connectivity index (χ3n) is 3.63. The zero-order chi connectivity index (χ0) is 14.8. The summed E-state index contributed by atoms with van der Waals surface area (Å²) in [5, 5.41) is 9.76. The minimum atomic E-state index is -0.954. The first kappa shape index (κ1) is 14.0. The Hall–Kier alpha value is -1.98. The summed E-state index contributed by atoms with van der Waals surface area (Å²) >= 11 is 6.17. The lowest BCUT2D eigenvalue weighted by atomic mass is 10.0. The zero-order valence-corrected chi connectivity index (χ0v) is 12.0. The molecule has 1 aliphatic heterocycles. The highest BCUT2D eigenvalue weighted by Crippen LogP contribution is 2.24. The van der Waals surface area contributed by atoms with Crippen molar-refractivity contribution < 1.29 is 9.90 Å². The third-order valence-corrected chi connectivity index (χ3v) is 3.98. The molecule has 2 heterocycles. The summed E-state index contributed by atoms with van der Waals surface area (Å²) in [7, 11) is 0. The standard InChI is InChI=1S/C15H14ClN3O2/c16-12-3-1-2-10(15(20)21)11(12)8-19-7-4-13-14(9-19)18-6-5-17-13/h1-3,5-6H,4,7-9H2,(H,20,21). The maximum absolute atomic E-state index is 11.3. The van der Waals surface area contributed by atoms with Gasteiger partial charge in [-0.15, -0.1) is 0 Å². The molecule has 3 rings (SSSR count). The topological polar surface area (TPSA) is 66.3 Å². The highest BCUT2D eigenvalue weighted by Gasteiger charge is 2.21. The molecular formula is C15H14ClN3O2. The Morgan fingerprint density at radius 3 is 2.81 bits per heavy atom. The van der Waals surface area contributed by atoms with Gasteiger partial charge in [-0.1, -0.05) is 17.7 Å². The van der Waals surface area contributed by atoms with Crippen LogP contribution in [0.1, 0.15) is 27.3 Å². The smallest absolute Gasteiger partial charge is 0.336 e. The third kappa shape index (κ3) is 2.89. The van der Waals surface area contributed by atoms with Crippen molar-refractivity contribution in [2.45, 2.75) is 19.5 Å². The molecule has 1 N–H and O–H groups in total. The number of carboxylic acids is 1. The summed E-state index contributed by atoms with van der Waals surface area (Å²) in [6.45, 7) is 1.97. The number of carboxylic acid groups (broad SMARTS) is 1. The number of aromatic nitrogens is 2. The fraction of sp³-hybridized carbons (Fsp3) is 0.267. The van der Waals surface area contributed by atoms with Gasteiger partial charge in [0.25, 0.3) is 0 Å². The fourth-order valence-corrected chi connectivity index (χ4v) is 2.80. The second-order valence-electron chi connectivity index (χ2n) is 4.98. The first-order valence-corrected chi connectivity index (χ1v) is 7.04. The molecule has 0 amide bonds. The van der Waals surface area contributed by atoms with Gasteiger partial charge in [0.05, 0.1) is 17.0 Å². The van der Waals surface area contributed by atoms with Gasteiger partial charge < -0.3 is 5.11 Å². The quantitative estimate of drug-likeness (QED) is 0.943. The number of halogens is 1. The number of nitrogens with zero attached hydrogens (tertiary/aromatic N) is 3. The number of benzene rings is 1. The molecule has 0 saturated heterocycles. The van der Waals surface area contributed by atoms with Gasteiger partial charge in [-0.3, -0.25) is 14.9 Å². The maximum atomic E-state index is 11.3. The number of carbonyl (C=O) groups is 1. The Morgan fingerprint density at radius 2 is 2.05 bits per heavy atom. The Morgan fingerprint density at radius 1 is 1.29 bits per heavy atom. The number of hydrogen-bond acceptors (Lipinski definition) is 4. The molecule has 0 fully saturated rings. The van der Waals surface area contributed by atoms with Crippen molar-refractivity contribution in [1.29, 1.82) is 0 Å². The van der Waals surface area contributed by atoms with E-state index in [1.165, 1.54) is 0 Å². The molecule has 0 atom stereocenters. The van der Waals surface area contributed by atoms with Crippen LogP contribution in [0.15, 0.2) is 30.6 Å². The molecule has 1 aromatic heterocycles. The van der Waals surface area contributed by atoms with E-state index in [9.17, 15) is 9.90 Å². The van der Waals surface area contributed by atoms with E-state index in [0.29, 0.717) is 23.7 Å². The lowest BCUT2D eigenvalue weighted by Gasteiger charge is -2.27. The lowest BCUT2D eigenvalue weighted by molar-refractivity contribution is 0.0694. The molecule has 108 valence electrons. The number of aromatic carboxylic acids is 1. The Labute approximate surface area is 127 Å². The summed E-state index contributed by atoms with van der Waals surface area (Å²) in [5.41, 5.74) is 2.88. The van der Waals surface area contributed by atoms with Crippen molar-refractivity contribution in [3.8, 4) is 0 Å². The first-order valence-electron chi connectivity index (χ1n) is 6.67. The molecule has 0 unspecified atom stereocenters. The monoisotopic (exact) mass is 303 g/mol. The molecule has 1 aromatic carbocycles.